The summed E-state index contributed by atoms with van der Waals surface area (Å²) in [4.78, 5) is 10.7. The Balaban J connectivity index is 3.99. The summed E-state index contributed by atoms with van der Waals surface area (Å²) >= 11 is 0. The fourth-order valence-electron chi connectivity index (χ4n) is 0.700. The SMILES string of the molecule is CCC(C)(NCCN)C(=O)O. The zero-order chi connectivity index (χ0) is 8.91. The van der Waals surface area contributed by atoms with Crippen LogP contribution in [0.1, 0.15) is 20.3 Å². The first kappa shape index (κ1) is 10.4. The van der Waals surface area contributed by atoms with Gasteiger partial charge in [0.1, 0.15) is 5.54 Å². The van der Waals surface area contributed by atoms with Gasteiger partial charge in [-0.3, -0.25) is 4.79 Å². The molecule has 0 aromatic rings. The third-order valence-electron chi connectivity index (χ3n) is 1.84. The van der Waals surface area contributed by atoms with Crippen molar-refractivity contribution in [2.24, 2.45) is 5.73 Å². The van der Waals surface area contributed by atoms with Crippen molar-refractivity contribution in [2.75, 3.05) is 13.1 Å². The largest absolute Gasteiger partial charge is 0.480 e. The molecule has 0 saturated carbocycles. The van der Waals surface area contributed by atoms with Crippen molar-refractivity contribution >= 4 is 5.97 Å². The Morgan fingerprint density at radius 1 is 1.73 bits per heavy atom. The molecule has 4 N–H and O–H groups in total. The number of nitrogens with one attached hydrogen (secondary N) is 1. The molecule has 0 aromatic carbocycles. The lowest BCUT2D eigenvalue weighted by Crippen LogP contribution is -2.50. The molecule has 0 aromatic heterocycles. The summed E-state index contributed by atoms with van der Waals surface area (Å²) in [6.07, 6.45) is 0.558. The van der Waals surface area contributed by atoms with Gasteiger partial charge in [0.2, 0.25) is 0 Å². The Hall–Kier alpha value is -0.610. The van der Waals surface area contributed by atoms with Gasteiger partial charge in [0, 0.05) is 13.1 Å². The molecule has 4 nitrogen and oxygen atoms in total. The van der Waals surface area contributed by atoms with Crippen LogP contribution in [0.3, 0.4) is 0 Å². The van der Waals surface area contributed by atoms with Crippen molar-refractivity contribution in [1.82, 2.24) is 5.32 Å². The Labute approximate surface area is 66.8 Å². The minimum absolute atomic E-state index is 0.461. The molecule has 0 radical (unpaired) electrons. The number of carbonyl (C=O) groups is 1. The average molecular weight is 160 g/mol. The van der Waals surface area contributed by atoms with Crippen LogP contribution in [0.5, 0.6) is 0 Å². The van der Waals surface area contributed by atoms with Gasteiger partial charge in [0.05, 0.1) is 0 Å². The zero-order valence-electron chi connectivity index (χ0n) is 7.05. The highest BCUT2D eigenvalue weighted by molar-refractivity contribution is 5.78. The van der Waals surface area contributed by atoms with E-state index < -0.39 is 11.5 Å². The van der Waals surface area contributed by atoms with Crippen LogP contribution in [-0.2, 0) is 4.79 Å². The summed E-state index contributed by atoms with van der Waals surface area (Å²) in [7, 11) is 0. The van der Waals surface area contributed by atoms with Crippen molar-refractivity contribution in [3.05, 3.63) is 0 Å². The van der Waals surface area contributed by atoms with E-state index >= 15 is 0 Å². The van der Waals surface area contributed by atoms with E-state index in [1.165, 1.54) is 0 Å². The summed E-state index contributed by atoms with van der Waals surface area (Å²) in [6.45, 7) is 4.49. The third-order valence-corrected chi connectivity index (χ3v) is 1.84. The summed E-state index contributed by atoms with van der Waals surface area (Å²) in [5.41, 5.74) is 4.42. The normalized spacial score (nSPS) is 15.9. The van der Waals surface area contributed by atoms with Crippen LogP contribution in [0.4, 0.5) is 0 Å². The Morgan fingerprint density at radius 2 is 2.27 bits per heavy atom. The molecule has 0 aliphatic rings. The molecule has 11 heavy (non-hydrogen) atoms. The molecule has 0 rings (SSSR count). The first-order chi connectivity index (χ1) is 5.06. The van der Waals surface area contributed by atoms with Crippen LogP contribution in [0.25, 0.3) is 0 Å². The molecular weight excluding hydrogens is 144 g/mol. The fourth-order valence-corrected chi connectivity index (χ4v) is 0.700. The number of aliphatic carboxylic acids is 1. The van der Waals surface area contributed by atoms with Gasteiger partial charge >= 0.3 is 5.97 Å². The van der Waals surface area contributed by atoms with E-state index in [1.807, 2.05) is 6.92 Å². The first-order valence-electron chi connectivity index (χ1n) is 3.75. The second-order valence-corrected chi connectivity index (χ2v) is 2.71. The van der Waals surface area contributed by atoms with E-state index in [1.54, 1.807) is 6.92 Å². The Kier molecular flexibility index (Phi) is 4.07. The highest BCUT2D eigenvalue weighted by atomic mass is 16.4. The number of rotatable bonds is 5. The van der Waals surface area contributed by atoms with Gasteiger partial charge in [-0.25, -0.2) is 0 Å². The molecule has 0 spiro atoms. The fraction of sp³-hybridized carbons (Fsp3) is 0.857. The van der Waals surface area contributed by atoms with Crippen LogP contribution in [0, 0.1) is 0 Å². The molecule has 66 valence electrons. The standard InChI is InChI=1S/C7H16N2O2/c1-3-7(2,6(10)11)9-5-4-8/h9H,3-5,8H2,1-2H3,(H,10,11). The van der Waals surface area contributed by atoms with Crippen LogP contribution in [-0.4, -0.2) is 29.7 Å². The van der Waals surface area contributed by atoms with Crippen molar-refractivity contribution in [3.8, 4) is 0 Å². The molecule has 0 fully saturated rings. The minimum Gasteiger partial charge on any atom is -0.480 e. The molecule has 4 heteroatoms. The van der Waals surface area contributed by atoms with E-state index in [2.05, 4.69) is 5.32 Å². The van der Waals surface area contributed by atoms with E-state index in [0.29, 0.717) is 19.5 Å². The Morgan fingerprint density at radius 3 is 2.55 bits per heavy atom. The van der Waals surface area contributed by atoms with E-state index in [9.17, 15) is 4.79 Å². The van der Waals surface area contributed by atoms with Crippen molar-refractivity contribution in [1.29, 1.82) is 0 Å². The van der Waals surface area contributed by atoms with Gasteiger partial charge in [0.15, 0.2) is 0 Å². The smallest absolute Gasteiger partial charge is 0.323 e. The van der Waals surface area contributed by atoms with Gasteiger partial charge in [-0.15, -0.1) is 0 Å². The number of carboxylic acids is 1. The van der Waals surface area contributed by atoms with Gasteiger partial charge in [-0.2, -0.15) is 0 Å². The lowest BCUT2D eigenvalue weighted by molar-refractivity contribution is -0.144. The zero-order valence-corrected chi connectivity index (χ0v) is 7.05. The van der Waals surface area contributed by atoms with E-state index in [4.69, 9.17) is 10.8 Å². The van der Waals surface area contributed by atoms with Gasteiger partial charge in [0.25, 0.3) is 0 Å². The summed E-state index contributed by atoms with van der Waals surface area (Å²) in [5.74, 6) is -0.826. The molecule has 0 amide bonds. The van der Waals surface area contributed by atoms with Crippen LogP contribution >= 0.6 is 0 Å². The van der Waals surface area contributed by atoms with Crippen LogP contribution in [0.15, 0.2) is 0 Å². The molecular formula is C7H16N2O2. The highest BCUT2D eigenvalue weighted by Gasteiger charge is 2.29. The number of hydrogen-bond donors (Lipinski definition) is 3. The monoisotopic (exact) mass is 160 g/mol. The molecule has 0 aliphatic carbocycles. The van der Waals surface area contributed by atoms with Crippen molar-refractivity contribution < 1.29 is 9.90 Å². The highest BCUT2D eigenvalue weighted by Crippen LogP contribution is 2.07. The molecule has 0 aliphatic heterocycles. The maximum atomic E-state index is 10.7. The van der Waals surface area contributed by atoms with Gasteiger partial charge in [-0.1, -0.05) is 6.92 Å². The molecule has 0 saturated heterocycles. The maximum absolute atomic E-state index is 10.7. The van der Waals surface area contributed by atoms with E-state index in [0.717, 1.165) is 0 Å². The van der Waals surface area contributed by atoms with Gasteiger partial charge < -0.3 is 16.2 Å². The van der Waals surface area contributed by atoms with Crippen LogP contribution < -0.4 is 11.1 Å². The lowest BCUT2D eigenvalue weighted by atomic mass is 9.99. The summed E-state index contributed by atoms with van der Waals surface area (Å²) in [6, 6.07) is 0. The number of nitrogens with two attached hydrogens (primary N) is 1. The average Bonchev–Trinajstić information content (AvgIpc) is 2.00. The number of carboxylic acid groups (broad SMARTS) is 1. The molecule has 0 bridgehead atoms. The Bertz CT molecular complexity index is 138. The first-order valence-corrected chi connectivity index (χ1v) is 3.75. The lowest BCUT2D eigenvalue weighted by Gasteiger charge is -2.24. The van der Waals surface area contributed by atoms with E-state index in [-0.39, 0.29) is 0 Å². The molecule has 1 unspecified atom stereocenters. The second kappa shape index (κ2) is 4.31. The minimum atomic E-state index is -0.826. The third kappa shape index (κ3) is 2.86. The summed E-state index contributed by atoms with van der Waals surface area (Å²) in [5, 5.41) is 11.6. The van der Waals surface area contributed by atoms with Gasteiger partial charge in [-0.05, 0) is 13.3 Å². The topological polar surface area (TPSA) is 75.3 Å². The quantitative estimate of drug-likeness (QED) is 0.520. The van der Waals surface area contributed by atoms with Crippen molar-refractivity contribution in [3.63, 3.8) is 0 Å². The molecule has 1 atom stereocenters. The van der Waals surface area contributed by atoms with Crippen LogP contribution in [0.2, 0.25) is 0 Å². The predicted molar refractivity (Wildman–Crippen MR) is 43.4 cm³/mol. The maximum Gasteiger partial charge on any atom is 0.323 e. The predicted octanol–water partition coefficient (Wildman–Crippen LogP) is -0.212. The molecule has 0 heterocycles. The number of hydrogen-bond acceptors (Lipinski definition) is 3. The summed E-state index contributed by atoms with van der Waals surface area (Å²) < 4.78 is 0. The second-order valence-electron chi connectivity index (χ2n) is 2.71. The van der Waals surface area contributed by atoms with Crippen molar-refractivity contribution in [2.45, 2.75) is 25.8 Å².